The summed E-state index contributed by atoms with van der Waals surface area (Å²) < 4.78 is 7.79. The number of aryl methyl sites for hydroxylation is 1. The Hall–Kier alpha value is -2.93. The second-order valence-corrected chi connectivity index (χ2v) is 7.74. The van der Waals surface area contributed by atoms with Crippen LogP contribution in [0.1, 0.15) is 25.7 Å². The van der Waals surface area contributed by atoms with Crippen molar-refractivity contribution in [3.63, 3.8) is 0 Å². The van der Waals surface area contributed by atoms with Gasteiger partial charge < -0.3 is 15.2 Å². The minimum Gasteiger partial charge on any atom is -0.507 e. The molecule has 2 aliphatic rings. The number of aromatic hydroxyl groups is 1. The summed E-state index contributed by atoms with van der Waals surface area (Å²) in [6, 6.07) is 10.4. The molecule has 2 aromatic heterocycles. The van der Waals surface area contributed by atoms with E-state index in [1.54, 1.807) is 16.9 Å². The van der Waals surface area contributed by atoms with Crippen LogP contribution in [0.5, 0.6) is 11.6 Å². The molecule has 3 aromatic rings. The first-order valence-corrected chi connectivity index (χ1v) is 9.73. The third kappa shape index (κ3) is 3.33. The Bertz CT molecular complexity index is 973. The normalized spacial score (nSPS) is 23.7. The molecule has 1 aromatic carbocycles. The van der Waals surface area contributed by atoms with Crippen molar-refractivity contribution in [2.75, 3.05) is 0 Å². The van der Waals surface area contributed by atoms with Gasteiger partial charge in [-0.25, -0.2) is 0 Å². The van der Waals surface area contributed by atoms with Crippen molar-refractivity contribution in [3.05, 3.63) is 42.7 Å². The first kappa shape index (κ1) is 17.2. The zero-order chi connectivity index (χ0) is 19.1. The van der Waals surface area contributed by atoms with E-state index in [0.29, 0.717) is 29.2 Å². The quantitative estimate of drug-likeness (QED) is 0.727. The van der Waals surface area contributed by atoms with Crippen LogP contribution < -0.4 is 10.1 Å². The van der Waals surface area contributed by atoms with E-state index in [4.69, 9.17) is 4.74 Å². The maximum Gasteiger partial charge on any atom is 0.233 e. The number of benzene rings is 1. The number of phenolic OH excluding ortho intramolecular Hbond substituents is 1. The summed E-state index contributed by atoms with van der Waals surface area (Å²) in [7, 11) is 1.87. The SMILES string of the molecule is Cn1cc(-c2ccc(-c3ccc(O[C@H]4C[C@H]5CC[C@@H](C4)N5)nn3)c(O)c2)cn1. The summed E-state index contributed by atoms with van der Waals surface area (Å²) in [6.07, 6.45) is 8.41. The largest absolute Gasteiger partial charge is 0.507 e. The molecule has 2 aliphatic heterocycles. The molecule has 7 heteroatoms. The van der Waals surface area contributed by atoms with Crippen molar-refractivity contribution >= 4 is 0 Å². The number of phenols is 1. The second kappa shape index (κ2) is 6.91. The van der Waals surface area contributed by atoms with Gasteiger partial charge in [-0.15, -0.1) is 10.2 Å². The van der Waals surface area contributed by atoms with Crippen LogP contribution in [-0.2, 0) is 7.05 Å². The lowest BCUT2D eigenvalue weighted by Gasteiger charge is -2.28. The number of hydrogen-bond donors (Lipinski definition) is 2. The van der Waals surface area contributed by atoms with Gasteiger partial charge in [0.25, 0.3) is 0 Å². The molecule has 0 radical (unpaired) electrons. The third-order valence-electron chi connectivity index (χ3n) is 5.67. The van der Waals surface area contributed by atoms with Crippen LogP contribution >= 0.6 is 0 Å². The fourth-order valence-corrected chi connectivity index (χ4v) is 4.30. The first-order chi connectivity index (χ1) is 13.6. The molecule has 7 nitrogen and oxygen atoms in total. The highest BCUT2D eigenvalue weighted by molar-refractivity contribution is 5.73. The van der Waals surface area contributed by atoms with Crippen LogP contribution in [0.4, 0.5) is 0 Å². The number of piperidine rings is 1. The summed E-state index contributed by atoms with van der Waals surface area (Å²) >= 11 is 0. The van der Waals surface area contributed by atoms with Gasteiger partial charge in [-0.05, 0) is 49.4 Å². The van der Waals surface area contributed by atoms with E-state index in [0.717, 1.165) is 24.0 Å². The maximum atomic E-state index is 10.5. The number of ether oxygens (including phenoxy) is 1. The number of nitrogens with one attached hydrogen (secondary N) is 1. The van der Waals surface area contributed by atoms with Gasteiger partial charge in [-0.3, -0.25) is 4.68 Å². The molecule has 5 rings (SSSR count). The molecule has 0 amide bonds. The van der Waals surface area contributed by atoms with Gasteiger partial charge in [0.2, 0.25) is 5.88 Å². The molecule has 0 spiro atoms. The van der Waals surface area contributed by atoms with Crippen molar-refractivity contribution < 1.29 is 9.84 Å². The predicted molar refractivity (Wildman–Crippen MR) is 105 cm³/mol. The maximum absolute atomic E-state index is 10.5. The minimum absolute atomic E-state index is 0.166. The van der Waals surface area contributed by atoms with E-state index < -0.39 is 0 Å². The smallest absolute Gasteiger partial charge is 0.233 e. The van der Waals surface area contributed by atoms with Crippen LogP contribution in [-0.4, -0.2) is 43.3 Å². The van der Waals surface area contributed by atoms with Crippen molar-refractivity contribution in [1.29, 1.82) is 0 Å². The lowest BCUT2D eigenvalue weighted by molar-refractivity contribution is 0.130. The van der Waals surface area contributed by atoms with Crippen molar-refractivity contribution in [1.82, 2.24) is 25.3 Å². The molecule has 2 bridgehead atoms. The highest BCUT2D eigenvalue weighted by atomic mass is 16.5. The molecule has 0 aliphatic carbocycles. The van der Waals surface area contributed by atoms with Crippen LogP contribution in [0.3, 0.4) is 0 Å². The molecule has 4 heterocycles. The standard InChI is InChI=1S/C21H23N5O2/c1-26-12-14(11-22-26)13-2-5-18(20(27)8-13)19-6-7-21(25-24-19)28-17-9-15-3-4-16(10-17)23-15/h2,5-8,11-12,15-17,23,27H,3-4,9-10H2,1H3/t15-,16+,17+. The summed E-state index contributed by atoms with van der Waals surface area (Å²) in [5.74, 6) is 0.709. The Labute approximate surface area is 163 Å². The van der Waals surface area contributed by atoms with Gasteiger partial charge in [0, 0.05) is 42.5 Å². The highest BCUT2D eigenvalue weighted by Gasteiger charge is 2.34. The molecular weight excluding hydrogens is 354 g/mol. The zero-order valence-corrected chi connectivity index (χ0v) is 15.7. The molecule has 144 valence electrons. The van der Waals surface area contributed by atoms with Gasteiger partial charge in [0.05, 0.1) is 11.9 Å². The van der Waals surface area contributed by atoms with E-state index in [9.17, 15) is 5.11 Å². The molecule has 28 heavy (non-hydrogen) atoms. The fraction of sp³-hybridized carbons (Fsp3) is 0.381. The first-order valence-electron chi connectivity index (χ1n) is 9.73. The molecule has 2 saturated heterocycles. The highest BCUT2D eigenvalue weighted by Crippen LogP contribution is 2.33. The molecule has 2 N–H and O–H groups in total. The Balaban J connectivity index is 1.31. The lowest BCUT2D eigenvalue weighted by atomic mass is 10.0. The van der Waals surface area contributed by atoms with Crippen LogP contribution in [0, 0.1) is 0 Å². The summed E-state index contributed by atoms with van der Waals surface area (Å²) in [5.41, 5.74) is 3.12. The Morgan fingerprint density at radius 3 is 2.54 bits per heavy atom. The lowest BCUT2D eigenvalue weighted by Crippen LogP contribution is -2.42. The Morgan fingerprint density at radius 2 is 1.89 bits per heavy atom. The van der Waals surface area contributed by atoms with Crippen molar-refractivity contribution in [2.45, 2.75) is 43.9 Å². The molecular formula is C21H23N5O2. The van der Waals surface area contributed by atoms with Crippen molar-refractivity contribution in [2.24, 2.45) is 7.05 Å². The fourth-order valence-electron chi connectivity index (χ4n) is 4.30. The average molecular weight is 377 g/mol. The zero-order valence-electron chi connectivity index (χ0n) is 15.7. The van der Waals surface area contributed by atoms with Gasteiger partial charge in [0.1, 0.15) is 11.9 Å². The van der Waals surface area contributed by atoms with E-state index >= 15 is 0 Å². The van der Waals surface area contributed by atoms with E-state index in [1.807, 2.05) is 37.5 Å². The second-order valence-electron chi connectivity index (χ2n) is 7.74. The van der Waals surface area contributed by atoms with E-state index in [1.165, 1.54) is 12.8 Å². The molecule has 3 atom stereocenters. The average Bonchev–Trinajstić information content (AvgIpc) is 3.27. The number of nitrogens with zero attached hydrogens (tertiary/aromatic N) is 4. The van der Waals surface area contributed by atoms with Gasteiger partial charge in [0.15, 0.2) is 0 Å². The Kier molecular flexibility index (Phi) is 4.24. The van der Waals surface area contributed by atoms with Crippen LogP contribution in [0.2, 0.25) is 0 Å². The monoisotopic (exact) mass is 377 g/mol. The number of hydrogen-bond acceptors (Lipinski definition) is 6. The minimum atomic E-state index is 0.166. The molecule has 0 unspecified atom stereocenters. The number of fused-ring (bicyclic) bond motifs is 2. The van der Waals surface area contributed by atoms with Gasteiger partial charge >= 0.3 is 0 Å². The van der Waals surface area contributed by atoms with Gasteiger partial charge in [-0.1, -0.05) is 6.07 Å². The van der Waals surface area contributed by atoms with Crippen LogP contribution in [0.15, 0.2) is 42.7 Å². The number of rotatable bonds is 4. The van der Waals surface area contributed by atoms with Crippen molar-refractivity contribution in [3.8, 4) is 34.0 Å². The van der Waals surface area contributed by atoms with E-state index in [2.05, 4.69) is 20.6 Å². The van der Waals surface area contributed by atoms with Gasteiger partial charge in [-0.2, -0.15) is 5.10 Å². The summed E-state index contributed by atoms with van der Waals surface area (Å²) in [5, 5.41) is 26.8. The Morgan fingerprint density at radius 1 is 1.07 bits per heavy atom. The third-order valence-corrected chi connectivity index (χ3v) is 5.67. The topological polar surface area (TPSA) is 85.1 Å². The summed E-state index contributed by atoms with van der Waals surface area (Å²) in [4.78, 5) is 0. The molecule has 2 fully saturated rings. The van der Waals surface area contributed by atoms with E-state index in [-0.39, 0.29) is 11.9 Å². The van der Waals surface area contributed by atoms with Crippen LogP contribution in [0.25, 0.3) is 22.4 Å². The summed E-state index contributed by atoms with van der Waals surface area (Å²) in [6.45, 7) is 0. The number of aromatic nitrogens is 4. The molecule has 0 saturated carbocycles. The predicted octanol–water partition coefficient (Wildman–Crippen LogP) is 2.91.